The molecule has 1 atom stereocenters. The quantitative estimate of drug-likeness (QED) is 0.884. The average molecular weight is 329 g/mol. The van der Waals surface area contributed by atoms with Gasteiger partial charge in [0.05, 0.1) is 16.6 Å². The van der Waals surface area contributed by atoms with Gasteiger partial charge in [0, 0.05) is 23.5 Å². The predicted octanol–water partition coefficient (Wildman–Crippen LogP) is 3.35. The molecule has 4 nitrogen and oxygen atoms in total. The Balaban J connectivity index is 2.06. The van der Waals surface area contributed by atoms with Gasteiger partial charge in [0.1, 0.15) is 5.82 Å². The average Bonchev–Trinajstić information content (AvgIpc) is 3.38. The Morgan fingerprint density at radius 2 is 2.12 bits per heavy atom. The highest BCUT2D eigenvalue weighted by Crippen LogP contribution is 2.40. The van der Waals surface area contributed by atoms with Gasteiger partial charge in [-0.3, -0.25) is 9.78 Å². The molecule has 3 N–H and O–H groups in total. The van der Waals surface area contributed by atoms with E-state index in [1.165, 1.54) is 12.1 Å². The van der Waals surface area contributed by atoms with Crippen LogP contribution in [0.3, 0.4) is 0 Å². The van der Waals surface area contributed by atoms with Crippen LogP contribution in [-0.4, -0.2) is 23.0 Å². The van der Waals surface area contributed by atoms with Gasteiger partial charge in [-0.15, -0.1) is 0 Å². The zero-order valence-corrected chi connectivity index (χ0v) is 14.4. The Bertz CT molecular complexity index is 786. The number of carbonyl (C=O) groups is 1. The summed E-state index contributed by atoms with van der Waals surface area (Å²) in [5.74, 6) is -0.00398. The van der Waals surface area contributed by atoms with Crippen molar-refractivity contribution < 1.29 is 9.18 Å². The maximum atomic E-state index is 13.7. The number of pyridine rings is 1. The summed E-state index contributed by atoms with van der Waals surface area (Å²) < 4.78 is 13.7. The van der Waals surface area contributed by atoms with E-state index in [0.717, 1.165) is 18.5 Å². The molecule has 0 radical (unpaired) electrons. The monoisotopic (exact) mass is 329 g/mol. The lowest BCUT2D eigenvalue weighted by molar-refractivity contribution is 0.0885. The molecule has 0 saturated heterocycles. The Morgan fingerprint density at radius 3 is 2.71 bits per heavy atom. The standard InChI is InChI=1S/C19H24FN3O/c1-11(2)19(3,10-21)23-18(24)15-9-17(12-4-5-12)22-16-7-6-13(20)8-14(15)16/h6-9,11-12H,4-5,10,21H2,1-3H3,(H,23,24). The maximum absolute atomic E-state index is 13.7. The molecular formula is C19H24FN3O. The fraction of sp³-hybridized carbons (Fsp3) is 0.474. The molecule has 0 bridgehead atoms. The third kappa shape index (κ3) is 3.13. The molecule has 1 amide bonds. The predicted molar refractivity (Wildman–Crippen MR) is 93.4 cm³/mol. The SMILES string of the molecule is CC(C)C(C)(CN)NC(=O)c1cc(C2CC2)nc2ccc(F)cc12. The molecule has 1 aromatic heterocycles. The van der Waals surface area contributed by atoms with Crippen LogP contribution >= 0.6 is 0 Å². The van der Waals surface area contributed by atoms with Gasteiger partial charge < -0.3 is 11.1 Å². The zero-order chi connectivity index (χ0) is 17.5. The van der Waals surface area contributed by atoms with Gasteiger partial charge in [0.25, 0.3) is 5.91 Å². The molecular weight excluding hydrogens is 305 g/mol. The molecule has 1 saturated carbocycles. The summed E-state index contributed by atoms with van der Waals surface area (Å²) in [7, 11) is 0. The first kappa shape index (κ1) is 16.8. The van der Waals surface area contributed by atoms with Crippen LogP contribution in [0.2, 0.25) is 0 Å². The van der Waals surface area contributed by atoms with Crippen LogP contribution in [0.25, 0.3) is 10.9 Å². The van der Waals surface area contributed by atoms with Crippen LogP contribution in [0, 0.1) is 11.7 Å². The van der Waals surface area contributed by atoms with Crippen molar-refractivity contribution in [2.75, 3.05) is 6.54 Å². The number of aromatic nitrogens is 1. The van der Waals surface area contributed by atoms with Crippen LogP contribution < -0.4 is 11.1 Å². The number of benzene rings is 1. The fourth-order valence-corrected chi connectivity index (χ4v) is 2.75. The highest BCUT2D eigenvalue weighted by molar-refractivity contribution is 6.06. The third-order valence-corrected chi connectivity index (χ3v) is 5.13. The molecule has 0 spiro atoms. The summed E-state index contributed by atoms with van der Waals surface area (Å²) >= 11 is 0. The molecule has 1 heterocycles. The summed E-state index contributed by atoms with van der Waals surface area (Å²) in [6, 6.07) is 6.21. The zero-order valence-electron chi connectivity index (χ0n) is 14.4. The van der Waals surface area contributed by atoms with Crippen LogP contribution in [0.5, 0.6) is 0 Å². The number of fused-ring (bicyclic) bond motifs is 1. The van der Waals surface area contributed by atoms with Crippen molar-refractivity contribution in [1.29, 1.82) is 0 Å². The molecule has 128 valence electrons. The summed E-state index contributed by atoms with van der Waals surface area (Å²) in [6.45, 7) is 6.31. The Morgan fingerprint density at radius 1 is 1.42 bits per heavy atom. The molecule has 1 unspecified atom stereocenters. The number of nitrogens with zero attached hydrogens (tertiary/aromatic N) is 1. The van der Waals surface area contributed by atoms with E-state index in [9.17, 15) is 9.18 Å². The minimum atomic E-state index is -0.514. The molecule has 1 aliphatic rings. The first-order chi connectivity index (χ1) is 11.3. The number of hydrogen-bond donors (Lipinski definition) is 2. The lowest BCUT2D eigenvalue weighted by Crippen LogP contribution is -2.55. The molecule has 1 fully saturated rings. The third-order valence-electron chi connectivity index (χ3n) is 5.13. The first-order valence-corrected chi connectivity index (χ1v) is 8.47. The molecule has 24 heavy (non-hydrogen) atoms. The molecule has 3 rings (SSSR count). The minimum Gasteiger partial charge on any atom is -0.345 e. The summed E-state index contributed by atoms with van der Waals surface area (Å²) in [4.78, 5) is 17.5. The number of nitrogens with two attached hydrogens (primary N) is 1. The van der Waals surface area contributed by atoms with Gasteiger partial charge in [-0.25, -0.2) is 4.39 Å². The summed E-state index contributed by atoms with van der Waals surface area (Å²) in [5.41, 5.74) is 7.40. The number of hydrogen-bond acceptors (Lipinski definition) is 3. The van der Waals surface area contributed by atoms with Gasteiger partial charge in [0.2, 0.25) is 0 Å². The molecule has 5 heteroatoms. The Kier molecular flexibility index (Phi) is 4.30. The van der Waals surface area contributed by atoms with Crippen molar-refractivity contribution in [2.24, 2.45) is 11.7 Å². The number of amides is 1. The lowest BCUT2D eigenvalue weighted by atomic mass is 9.88. The van der Waals surface area contributed by atoms with Gasteiger partial charge in [-0.05, 0) is 49.9 Å². The topological polar surface area (TPSA) is 68.0 Å². The largest absolute Gasteiger partial charge is 0.345 e. The smallest absolute Gasteiger partial charge is 0.252 e. The van der Waals surface area contributed by atoms with E-state index < -0.39 is 5.54 Å². The maximum Gasteiger partial charge on any atom is 0.252 e. The van der Waals surface area contributed by atoms with Crippen molar-refractivity contribution in [3.63, 3.8) is 0 Å². The number of nitrogens with one attached hydrogen (secondary N) is 1. The normalized spacial score (nSPS) is 17.1. The van der Waals surface area contributed by atoms with Gasteiger partial charge in [0.15, 0.2) is 0 Å². The van der Waals surface area contributed by atoms with Crippen molar-refractivity contribution in [1.82, 2.24) is 10.3 Å². The van der Waals surface area contributed by atoms with Crippen molar-refractivity contribution in [2.45, 2.75) is 45.1 Å². The van der Waals surface area contributed by atoms with Crippen LogP contribution in [-0.2, 0) is 0 Å². The van der Waals surface area contributed by atoms with Crippen LogP contribution in [0.15, 0.2) is 24.3 Å². The molecule has 1 aromatic carbocycles. The van der Waals surface area contributed by atoms with E-state index in [1.54, 1.807) is 6.07 Å². The van der Waals surface area contributed by atoms with E-state index in [1.807, 2.05) is 26.8 Å². The van der Waals surface area contributed by atoms with E-state index in [2.05, 4.69) is 10.3 Å². The minimum absolute atomic E-state index is 0.180. The second-order valence-electron chi connectivity index (χ2n) is 7.26. The van der Waals surface area contributed by atoms with Crippen molar-refractivity contribution >= 4 is 16.8 Å². The van der Waals surface area contributed by atoms with E-state index in [-0.39, 0.29) is 17.6 Å². The summed E-state index contributed by atoms with van der Waals surface area (Å²) in [6.07, 6.45) is 2.18. The summed E-state index contributed by atoms with van der Waals surface area (Å²) in [5, 5.41) is 3.58. The Hall–Kier alpha value is -2.01. The van der Waals surface area contributed by atoms with Crippen molar-refractivity contribution in [3.8, 4) is 0 Å². The molecule has 0 aliphatic heterocycles. The highest BCUT2D eigenvalue weighted by Gasteiger charge is 2.31. The number of rotatable bonds is 5. The van der Waals surface area contributed by atoms with E-state index >= 15 is 0 Å². The molecule has 1 aliphatic carbocycles. The number of halogens is 1. The Labute approximate surface area is 141 Å². The highest BCUT2D eigenvalue weighted by atomic mass is 19.1. The molecule has 2 aromatic rings. The van der Waals surface area contributed by atoms with Gasteiger partial charge in [-0.1, -0.05) is 13.8 Å². The second-order valence-corrected chi connectivity index (χ2v) is 7.26. The number of carbonyl (C=O) groups excluding carboxylic acids is 1. The van der Waals surface area contributed by atoms with Gasteiger partial charge >= 0.3 is 0 Å². The second kappa shape index (κ2) is 6.13. The first-order valence-electron chi connectivity index (χ1n) is 8.47. The fourth-order valence-electron chi connectivity index (χ4n) is 2.75. The van der Waals surface area contributed by atoms with Crippen LogP contribution in [0.4, 0.5) is 4.39 Å². The lowest BCUT2D eigenvalue weighted by Gasteiger charge is -2.33. The van der Waals surface area contributed by atoms with Crippen molar-refractivity contribution in [3.05, 3.63) is 41.3 Å². The van der Waals surface area contributed by atoms with Gasteiger partial charge in [-0.2, -0.15) is 0 Å². The van der Waals surface area contributed by atoms with E-state index in [0.29, 0.717) is 28.9 Å². The van der Waals surface area contributed by atoms with Crippen LogP contribution in [0.1, 0.15) is 55.6 Å². The van der Waals surface area contributed by atoms with E-state index in [4.69, 9.17) is 5.73 Å².